The van der Waals surface area contributed by atoms with Crippen molar-refractivity contribution in [2.24, 2.45) is 0 Å². The fourth-order valence-electron chi connectivity index (χ4n) is 2.44. The molecule has 29 heavy (non-hydrogen) atoms. The van der Waals surface area contributed by atoms with Crippen LogP contribution in [0.4, 0.5) is 14.6 Å². The molecule has 7 nitrogen and oxygen atoms in total. The number of nitrogens with one attached hydrogen (secondary N) is 1. The third kappa shape index (κ3) is 5.11. The molecule has 0 radical (unpaired) electrons. The van der Waals surface area contributed by atoms with Crippen molar-refractivity contribution in [3.8, 4) is 0 Å². The molecule has 0 aliphatic carbocycles. The smallest absolute Gasteiger partial charge is 0.283 e. The van der Waals surface area contributed by atoms with Gasteiger partial charge in [-0.2, -0.15) is 8.42 Å². The molecule has 3 aromatic rings. The van der Waals surface area contributed by atoms with E-state index in [9.17, 15) is 22.0 Å². The number of sulfonamides is 1. The average molecular weight is 418 g/mol. The Morgan fingerprint density at radius 3 is 2.07 bits per heavy atom. The third-order valence-electron chi connectivity index (χ3n) is 3.96. The minimum atomic E-state index is -4.25. The highest BCUT2D eigenvalue weighted by Gasteiger charge is 2.21. The van der Waals surface area contributed by atoms with Gasteiger partial charge in [-0.25, -0.2) is 13.5 Å². The maximum absolute atomic E-state index is 13.0. The fourth-order valence-corrected chi connectivity index (χ4v) is 3.30. The van der Waals surface area contributed by atoms with E-state index in [0.717, 1.165) is 17.7 Å². The van der Waals surface area contributed by atoms with Gasteiger partial charge in [-0.3, -0.25) is 4.79 Å². The zero-order chi connectivity index (χ0) is 21.0. The minimum Gasteiger partial charge on any atom is -0.354 e. The molecular weight excluding hydrogens is 402 g/mol. The Morgan fingerprint density at radius 2 is 1.52 bits per heavy atom. The number of hydrogen-bond acceptors (Lipinski definition) is 6. The lowest BCUT2D eigenvalue weighted by molar-refractivity contribution is 0.0981. The molecule has 0 aliphatic rings. The Balaban J connectivity index is 1.70. The monoisotopic (exact) mass is 418 g/mol. The molecule has 0 spiro atoms. The number of halogens is 2. The van der Waals surface area contributed by atoms with E-state index in [4.69, 9.17) is 0 Å². The Bertz CT molecular complexity index is 1100. The molecule has 10 heteroatoms. The van der Waals surface area contributed by atoms with Gasteiger partial charge in [-0.05, 0) is 54.1 Å². The van der Waals surface area contributed by atoms with E-state index >= 15 is 0 Å². The molecule has 1 heterocycles. The number of carbonyl (C=O) groups excluding carboxylic acids is 1. The summed E-state index contributed by atoms with van der Waals surface area (Å²) in [6.45, 7) is 0.405. The third-order valence-corrected chi connectivity index (χ3v) is 5.18. The van der Waals surface area contributed by atoms with Crippen molar-refractivity contribution >= 4 is 21.7 Å². The quantitative estimate of drug-likeness (QED) is 0.661. The maximum atomic E-state index is 13.0. The van der Waals surface area contributed by atoms with E-state index in [2.05, 4.69) is 10.2 Å². The van der Waals surface area contributed by atoms with Crippen LogP contribution in [0, 0.1) is 11.6 Å². The van der Waals surface area contributed by atoms with Gasteiger partial charge in [0.15, 0.2) is 10.8 Å². The van der Waals surface area contributed by atoms with Gasteiger partial charge >= 0.3 is 0 Å². The van der Waals surface area contributed by atoms with Crippen LogP contribution in [0.5, 0.6) is 0 Å². The van der Waals surface area contributed by atoms with Crippen LogP contribution in [0.3, 0.4) is 0 Å². The largest absolute Gasteiger partial charge is 0.354 e. The lowest BCUT2D eigenvalue weighted by Gasteiger charge is -2.17. The number of carbonyl (C=O) groups is 1. The molecule has 1 amide bonds. The van der Waals surface area contributed by atoms with E-state index < -0.39 is 26.8 Å². The zero-order valence-electron chi connectivity index (χ0n) is 15.2. The molecule has 0 saturated carbocycles. The first-order valence-electron chi connectivity index (χ1n) is 8.36. The second-order valence-corrected chi connectivity index (χ2v) is 7.78. The second kappa shape index (κ2) is 8.31. The van der Waals surface area contributed by atoms with Crippen LogP contribution in [-0.4, -0.2) is 31.6 Å². The number of anilines is 1. The molecule has 0 unspecified atom stereocenters. The van der Waals surface area contributed by atoms with E-state index in [1.54, 1.807) is 24.1 Å². The maximum Gasteiger partial charge on any atom is 0.283 e. The Labute approximate surface area is 166 Å². The number of hydrogen-bond donors (Lipinski definition) is 1. The molecule has 0 saturated heterocycles. The molecule has 3 rings (SSSR count). The van der Waals surface area contributed by atoms with Gasteiger partial charge in [0.25, 0.3) is 15.9 Å². The summed E-state index contributed by atoms with van der Waals surface area (Å²) in [5.41, 5.74) is 0.817. The van der Waals surface area contributed by atoms with Crippen molar-refractivity contribution < 1.29 is 22.0 Å². The highest BCUT2D eigenvalue weighted by Crippen LogP contribution is 2.14. The topological polar surface area (TPSA) is 92.3 Å². The van der Waals surface area contributed by atoms with Crippen LogP contribution < -0.4 is 9.62 Å². The summed E-state index contributed by atoms with van der Waals surface area (Å²) in [6, 6.07) is 13.0. The molecular formula is C19H16F2N4O3S. The Hall–Kier alpha value is -3.40. The normalized spacial score (nSPS) is 11.1. The molecule has 2 aromatic carbocycles. The predicted molar refractivity (Wildman–Crippen MR) is 102 cm³/mol. The van der Waals surface area contributed by atoms with E-state index in [0.29, 0.717) is 12.4 Å². The number of aromatic nitrogens is 2. The van der Waals surface area contributed by atoms with Crippen molar-refractivity contribution in [1.82, 2.24) is 14.9 Å². The molecule has 150 valence electrons. The first-order valence-corrected chi connectivity index (χ1v) is 9.85. The molecule has 0 atom stereocenters. The van der Waals surface area contributed by atoms with Crippen LogP contribution in [0.25, 0.3) is 0 Å². The number of rotatable bonds is 6. The Morgan fingerprint density at radius 1 is 0.931 bits per heavy atom. The van der Waals surface area contributed by atoms with Gasteiger partial charge in [0, 0.05) is 19.2 Å². The van der Waals surface area contributed by atoms with Gasteiger partial charge in [0.2, 0.25) is 0 Å². The van der Waals surface area contributed by atoms with Crippen LogP contribution in [0.1, 0.15) is 15.9 Å². The SMILES string of the molecule is CN(Cc1ccc(F)cc1)c1ccc(S(=O)(=O)NC(=O)c2ccc(F)cc2)nn1. The molecule has 0 aliphatic heterocycles. The predicted octanol–water partition coefficient (Wildman–Crippen LogP) is 2.51. The summed E-state index contributed by atoms with van der Waals surface area (Å²) < 4.78 is 52.4. The first kappa shape index (κ1) is 20.3. The molecule has 0 fully saturated rings. The summed E-state index contributed by atoms with van der Waals surface area (Å²) in [4.78, 5) is 13.8. The van der Waals surface area contributed by atoms with Gasteiger partial charge < -0.3 is 4.90 Å². The van der Waals surface area contributed by atoms with Crippen LogP contribution >= 0.6 is 0 Å². The molecule has 1 aromatic heterocycles. The molecule has 1 N–H and O–H groups in total. The van der Waals surface area contributed by atoms with Crippen molar-refractivity contribution in [2.75, 3.05) is 11.9 Å². The van der Waals surface area contributed by atoms with Gasteiger partial charge in [0.05, 0.1) is 0 Å². The summed E-state index contributed by atoms with van der Waals surface area (Å²) in [5.74, 6) is -1.41. The summed E-state index contributed by atoms with van der Waals surface area (Å²) in [7, 11) is -2.53. The van der Waals surface area contributed by atoms with E-state index in [1.165, 1.54) is 36.4 Å². The van der Waals surface area contributed by atoms with Crippen LogP contribution in [-0.2, 0) is 16.6 Å². The van der Waals surface area contributed by atoms with Gasteiger partial charge in [-0.1, -0.05) is 12.1 Å². The standard InChI is InChI=1S/C19H16F2N4O3S/c1-25(12-13-2-6-15(20)7-3-13)17-10-11-18(23-22-17)29(27,28)24-19(26)14-4-8-16(21)9-5-14/h2-11H,12H2,1H3,(H,24,26). The Kier molecular flexibility index (Phi) is 5.83. The van der Waals surface area contributed by atoms with Gasteiger partial charge in [0.1, 0.15) is 11.6 Å². The van der Waals surface area contributed by atoms with Crippen molar-refractivity contribution in [3.63, 3.8) is 0 Å². The summed E-state index contributed by atoms with van der Waals surface area (Å²) in [6.07, 6.45) is 0. The van der Waals surface area contributed by atoms with E-state index in [-0.39, 0.29) is 11.4 Å². The lowest BCUT2D eigenvalue weighted by Crippen LogP contribution is -2.31. The second-order valence-electron chi connectivity index (χ2n) is 6.15. The number of benzene rings is 2. The first-order chi connectivity index (χ1) is 13.7. The van der Waals surface area contributed by atoms with Gasteiger partial charge in [-0.15, -0.1) is 10.2 Å². The van der Waals surface area contributed by atoms with E-state index in [1.807, 2.05) is 4.72 Å². The molecule has 0 bridgehead atoms. The van der Waals surface area contributed by atoms with Crippen LogP contribution in [0.2, 0.25) is 0 Å². The minimum absolute atomic E-state index is 0.0152. The fraction of sp³-hybridized carbons (Fsp3) is 0.105. The van der Waals surface area contributed by atoms with Crippen molar-refractivity contribution in [2.45, 2.75) is 11.6 Å². The zero-order valence-corrected chi connectivity index (χ0v) is 16.0. The number of amides is 1. The van der Waals surface area contributed by atoms with Crippen molar-refractivity contribution in [3.05, 3.63) is 83.4 Å². The highest BCUT2D eigenvalue weighted by molar-refractivity contribution is 7.90. The van der Waals surface area contributed by atoms with Crippen LogP contribution in [0.15, 0.2) is 65.7 Å². The van der Waals surface area contributed by atoms with Crippen molar-refractivity contribution in [1.29, 1.82) is 0 Å². The highest BCUT2D eigenvalue weighted by atomic mass is 32.2. The summed E-state index contributed by atoms with van der Waals surface area (Å²) >= 11 is 0. The average Bonchev–Trinajstić information content (AvgIpc) is 2.70. The summed E-state index contributed by atoms with van der Waals surface area (Å²) in [5, 5.41) is 7.11. The lowest BCUT2D eigenvalue weighted by atomic mass is 10.2. The number of nitrogens with zero attached hydrogens (tertiary/aromatic N) is 3.